The van der Waals surface area contributed by atoms with Crippen molar-refractivity contribution >= 4 is 28.7 Å². The largest absolute Gasteiger partial charge is 0.480 e. The molecule has 2 aliphatic rings. The van der Waals surface area contributed by atoms with Crippen LogP contribution in [0.15, 0.2) is 30.5 Å². The minimum atomic E-state index is -1.15. The van der Waals surface area contributed by atoms with Gasteiger partial charge in [0.2, 0.25) is 11.8 Å². The van der Waals surface area contributed by atoms with Crippen molar-refractivity contribution in [1.82, 2.24) is 9.88 Å². The summed E-state index contributed by atoms with van der Waals surface area (Å²) in [7, 11) is 0. The van der Waals surface area contributed by atoms with E-state index in [9.17, 15) is 19.5 Å². The Morgan fingerprint density at radius 2 is 1.96 bits per heavy atom. The van der Waals surface area contributed by atoms with Gasteiger partial charge in [0.1, 0.15) is 6.04 Å². The third-order valence-corrected chi connectivity index (χ3v) is 5.68. The first kappa shape index (κ1) is 15.9. The number of fused-ring (bicyclic) bond motifs is 1. The highest BCUT2D eigenvalue weighted by Gasteiger charge is 2.55. The van der Waals surface area contributed by atoms with Crippen molar-refractivity contribution in [2.24, 2.45) is 5.41 Å². The number of carbonyl (C=O) groups is 3. The molecule has 130 valence electrons. The number of carboxylic acid groups (broad SMARTS) is 1. The van der Waals surface area contributed by atoms with Gasteiger partial charge in [-0.2, -0.15) is 0 Å². The number of imide groups is 1. The normalized spacial score (nSPS) is 20.7. The molecule has 2 amide bonds. The summed E-state index contributed by atoms with van der Waals surface area (Å²) in [4.78, 5) is 41.5. The topological polar surface area (TPSA) is 90.5 Å². The van der Waals surface area contributed by atoms with Crippen LogP contribution < -0.4 is 0 Å². The van der Waals surface area contributed by atoms with Gasteiger partial charge in [0.15, 0.2) is 0 Å². The lowest BCUT2D eigenvalue weighted by Crippen LogP contribution is -2.47. The molecule has 25 heavy (non-hydrogen) atoms. The van der Waals surface area contributed by atoms with E-state index >= 15 is 0 Å². The van der Waals surface area contributed by atoms with E-state index in [1.54, 1.807) is 6.20 Å². The predicted octanol–water partition coefficient (Wildman–Crippen LogP) is 2.48. The van der Waals surface area contributed by atoms with Gasteiger partial charge in [-0.05, 0) is 24.5 Å². The number of amides is 2. The fraction of sp³-hybridized carbons (Fsp3) is 0.421. The molecule has 1 atom stereocenters. The van der Waals surface area contributed by atoms with Gasteiger partial charge < -0.3 is 10.1 Å². The molecule has 0 unspecified atom stereocenters. The number of nitrogens with one attached hydrogen (secondary N) is 1. The number of likely N-dealkylation sites (tertiary alicyclic amines) is 1. The van der Waals surface area contributed by atoms with Crippen LogP contribution in [0.5, 0.6) is 0 Å². The lowest BCUT2D eigenvalue weighted by molar-refractivity contribution is -0.155. The number of carbonyl (C=O) groups excluding carboxylic acids is 2. The van der Waals surface area contributed by atoms with Crippen molar-refractivity contribution < 1.29 is 19.5 Å². The first-order valence-electron chi connectivity index (χ1n) is 8.66. The number of carboxylic acids is 1. The van der Waals surface area contributed by atoms with Crippen molar-refractivity contribution in [1.29, 1.82) is 0 Å². The minimum Gasteiger partial charge on any atom is -0.480 e. The van der Waals surface area contributed by atoms with Crippen molar-refractivity contribution in [2.45, 2.75) is 44.6 Å². The Hall–Kier alpha value is -2.63. The Bertz CT molecular complexity index is 863. The number of H-pyrrole nitrogens is 1. The average molecular weight is 340 g/mol. The zero-order valence-electron chi connectivity index (χ0n) is 13.8. The number of aliphatic carboxylic acids is 1. The maximum Gasteiger partial charge on any atom is 0.327 e. The molecule has 1 aromatic carbocycles. The van der Waals surface area contributed by atoms with Crippen LogP contribution in [0.2, 0.25) is 0 Å². The molecule has 1 aromatic heterocycles. The monoisotopic (exact) mass is 340 g/mol. The number of benzene rings is 1. The minimum absolute atomic E-state index is 0.118. The van der Waals surface area contributed by atoms with E-state index in [0.717, 1.165) is 34.2 Å². The van der Waals surface area contributed by atoms with E-state index in [2.05, 4.69) is 4.98 Å². The molecule has 6 heteroatoms. The van der Waals surface area contributed by atoms with Crippen LogP contribution in [-0.2, 0) is 20.8 Å². The van der Waals surface area contributed by atoms with Crippen LogP contribution in [0, 0.1) is 5.41 Å². The van der Waals surface area contributed by atoms with Crippen LogP contribution in [-0.4, -0.2) is 38.8 Å². The van der Waals surface area contributed by atoms with E-state index < -0.39 is 17.4 Å². The molecule has 2 aromatic rings. The van der Waals surface area contributed by atoms with Gasteiger partial charge in [0, 0.05) is 29.9 Å². The molecule has 1 aliphatic carbocycles. The zero-order chi connectivity index (χ0) is 17.6. The molecule has 1 saturated heterocycles. The van der Waals surface area contributed by atoms with Crippen molar-refractivity contribution in [3.05, 3.63) is 36.0 Å². The van der Waals surface area contributed by atoms with Crippen LogP contribution in [0.3, 0.4) is 0 Å². The van der Waals surface area contributed by atoms with Gasteiger partial charge in [0.25, 0.3) is 0 Å². The fourth-order valence-corrected chi connectivity index (χ4v) is 4.37. The van der Waals surface area contributed by atoms with E-state index in [0.29, 0.717) is 12.8 Å². The van der Waals surface area contributed by atoms with E-state index in [1.165, 1.54) is 0 Å². The first-order chi connectivity index (χ1) is 12.0. The summed E-state index contributed by atoms with van der Waals surface area (Å²) in [5.74, 6) is -1.77. The maximum absolute atomic E-state index is 12.9. The summed E-state index contributed by atoms with van der Waals surface area (Å²) < 4.78 is 0. The summed E-state index contributed by atoms with van der Waals surface area (Å²) in [6.07, 6.45) is 5.26. The second-order valence-corrected chi connectivity index (χ2v) is 7.15. The second-order valence-electron chi connectivity index (χ2n) is 7.15. The molecule has 2 fully saturated rings. The van der Waals surface area contributed by atoms with E-state index in [-0.39, 0.29) is 24.7 Å². The Labute approximate surface area is 144 Å². The molecular weight excluding hydrogens is 320 g/mol. The van der Waals surface area contributed by atoms with Gasteiger partial charge in [0.05, 0.1) is 5.41 Å². The molecule has 1 aliphatic heterocycles. The fourth-order valence-electron chi connectivity index (χ4n) is 4.37. The number of para-hydroxylation sites is 1. The predicted molar refractivity (Wildman–Crippen MR) is 90.8 cm³/mol. The Kier molecular flexibility index (Phi) is 3.63. The number of hydrogen-bond donors (Lipinski definition) is 2. The van der Waals surface area contributed by atoms with Gasteiger partial charge in [-0.1, -0.05) is 31.0 Å². The third-order valence-electron chi connectivity index (χ3n) is 5.68. The average Bonchev–Trinajstić information content (AvgIpc) is 3.27. The molecule has 6 nitrogen and oxygen atoms in total. The van der Waals surface area contributed by atoms with Gasteiger partial charge in [-0.15, -0.1) is 0 Å². The van der Waals surface area contributed by atoms with Crippen LogP contribution in [0.1, 0.15) is 37.7 Å². The number of hydrogen-bond acceptors (Lipinski definition) is 3. The van der Waals surface area contributed by atoms with Gasteiger partial charge in [-0.25, -0.2) is 4.79 Å². The standard InChI is InChI=1S/C19H20N2O4/c22-16-10-19(7-3-4-8-19)18(25)21(16)15(17(23)24)9-12-11-20-14-6-2-1-5-13(12)14/h1-2,5-6,11,15,20H,3-4,7-10H2,(H,23,24)/t15-/m1/s1. The summed E-state index contributed by atoms with van der Waals surface area (Å²) in [6.45, 7) is 0. The highest BCUT2D eigenvalue weighted by Crippen LogP contribution is 2.47. The Balaban J connectivity index is 1.67. The number of rotatable bonds is 4. The molecule has 1 spiro atoms. The summed E-state index contributed by atoms with van der Waals surface area (Å²) >= 11 is 0. The van der Waals surface area contributed by atoms with Crippen molar-refractivity contribution in [3.8, 4) is 0 Å². The van der Waals surface area contributed by atoms with Crippen LogP contribution >= 0.6 is 0 Å². The van der Waals surface area contributed by atoms with Gasteiger partial charge >= 0.3 is 5.97 Å². The third kappa shape index (κ3) is 2.44. The van der Waals surface area contributed by atoms with Crippen molar-refractivity contribution in [3.63, 3.8) is 0 Å². The maximum atomic E-state index is 12.9. The highest BCUT2D eigenvalue weighted by atomic mass is 16.4. The number of aromatic nitrogens is 1. The lowest BCUT2D eigenvalue weighted by Gasteiger charge is -2.25. The molecule has 2 heterocycles. The summed E-state index contributed by atoms with van der Waals surface area (Å²) in [5, 5.41) is 10.6. The Morgan fingerprint density at radius 1 is 1.24 bits per heavy atom. The number of nitrogens with zero attached hydrogens (tertiary/aromatic N) is 1. The van der Waals surface area contributed by atoms with Crippen LogP contribution in [0.25, 0.3) is 10.9 Å². The van der Waals surface area contributed by atoms with Gasteiger partial charge in [-0.3, -0.25) is 14.5 Å². The van der Waals surface area contributed by atoms with Crippen molar-refractivity contribution in [2.75, 3.05) is 0 Å². The summed E-state index contributed by atoms with van der Waals surface area (Å²) in [6, 6.07) is 6.45. The molecule has 0 bridgehead atoms. The number of aromatic amines is 1. The molecule has 0 radical (unpaired) electrons. The second kappa shape index (κ2) is 5.72. The summed E-state index contributed by atoms with van der Waals surface area (Å²) in [5.41, 5.74) is 1.06. The molecule has 1 saturated carbocycles. The van der Waals surface area contributed by atoms with E-state index in [4.69, 9.17) is 0 Å². The SMILES string of the molecule is O=C(O)[C@@H](Cc1c[nH]c2ccccc12)N1C(=O)CC2(CCCC2)C1=O. The molecule has 4 rings (SSSR count). The first-order valence-corrected chi connectivity index (χ1v) is 8.66. The van der Waals surface area contributed by atoms with Crippen LogP contribution in [0.4, 0.5) is 0 Å². The lowest BCUT2D eigenvalue weighted by atomic mass is 9.84. The smallest absolute Gasteiger partial charge is 0.327 e. The highest BCUT2D eigenvalue weighted by molar-refractivity contribution is 6.08. The quantitative estimate of drug-likeness (QED) is 0.837. The van der Waals surface area contributed by atoms with E-state index in [1.807, 2.05) is 24.3 Å². The molecular formula is C19H20N2O4. The Morgan fingerprint density at radius 3 is 2.68 bits per heavy atom. The molecule has 2 N–H and O–H groups in total. The zero-order valence-corrected chi connectivity index (χ0v) is 13.8.